The molecule has 1 heterocycles. The van der Waals surface area contributed by atoms with Crippen LogP contribution < -0.4 is 4.90 Å². The molecule has 1 aliphatic rings. The summed E-state index contributed by atoms with van der Waals surface area (Å²) in [6.07, 6.45) is 1.39. The van der Waals surface area contributed by atoms with Crippen molar-refractivity contribution < 1.29 is 13.9 Å². The van der Waals surface area contributed by atoms with Crippen LogP contribution in [0.5, 0.6) is 0 Å². The molecule has 2 atom stereocenters. The van der Waals surface area contributed by atoms with Crippen molar-refractivity contribution in [2.45, 2.75) is 25.7 Å². The molecule has 0 N–H and O–H groups in total. The third kappa shape index (κ3) is 4.19. The van der Waals surface area contributed by atoms with Crippen LogP contribution in [-0.2, 0) is 16.0 Å². The van der Waals surface area contributed by atoms with Crippen molar-refractivity contribution in [3.05, 3.63) is 65.5 Å². The molecule has 2 unspecified atom stereocenters. The molecule has 0 radical (unpaired) electrons. The van der Waals surface area contributed by atoms with Crippen LogP contribution in [-0.4, -0.2) is 26.2 Å². The highest BCUT2D eigenvalue weighted by atomic mass is 19.1. The summed E-state index contributed by atoms with van der Waals surface area (Å²) < 4.78 is 17.9. The number of benzene rings is 2. The third-order valence-corrected chi connectivity index (χ3v) is 5.11. The van der Waals surface area contributed by atoms with E-state index in [4.69, 9.17) is 4.74 Å². The molecule has 0 aromatic heterocycles. The Kier molecular flexibility index (Phi) is 5.37. The number of ether oxygens (including phenoxy) is 1. The smallest absolute Gasteiger partial charge is 0.309 e. The monoisotopic (exact) mass is 341 g/mol. The number of carbonyl (C=O) groups excluding carboxylic acids is 1. The van der Waals surface area contributed by atoms with E-state index in [0.717, 1.165) is 30.8 Å². The lowest BCUT2D eigenvalue weighted by molar-refractivity contribution is -0.139. The Hall–Kier alpha value is -2.36. The van der Waals surface area contributed by atoms with Gasteiger partial charge in [0.25, 0.3) is 0 Å². The van der Waals surface area contributed by atoms with E-state index in [0.29, 0.717) is 18.3 Å². The number of anilines is 1. The maximum Gasteiger partial charge on any atom is 0.309 e. The van der Waals surface area contributed by atoms with Crippen LogP contribution in [0.3, 0.4) is 0 Å². The summed E-state index contributed by atoms with van der Waals surface area (Å²) in [5.41, 5.74) is 3.29. The third-order valence-electron chi connectivity index (χ3n) is 5.11. The summed E-state index contributed by atoms with van der Waals surface area (Å²) in [7, 11) is 1.41. The van der Waals surface area contributed by atoms with Gasteiger partial charge in [0.1, 0.15) is 5.82 Å². The Morgan fingerprint density at radius 1 is 1.24 bits per heavy atom. The normalized spacial score (nSPS) is 20.4. The average Bonchev–Trinajstić information content (AvgIpc) is 2.63. The molecule has 1 aliphatic heterocycles. The van der Waals surface area contributed by atoms with Crippen LogP contribution >= 0.6 is 0 Å². The fraction of sp³-hybridized carbons (Fsp3) is 0.381. The van der Waals surface area contributed by atoms with Gasteiger partial charge in [-0.1, -0.05) is 31.2 Å². The number of carbonyl (C=O) groups is 1. The Bertz CT molecular complexity index is 729. The van der Waals surface area contributed by atoms with Gasteiger partial charge >= 0.3 is 5.97 Å². The van der Waals surface area contributed by atoms with Gasteiger partial charge in [0.05, 0.1) is 13.5 Å². The zero-order valence-corrected chi connectivity index (χ0v) is 14.7. The summed E-state index contributed by atoms with van der Waals surface area (Å²) in [6, 6.07) is 14.9. The Morgan fingerprint density at radius 2 is 2.00 bits per heavy atom. The number of hydrogen-bond donors (Lipinski definition) is 0. The van der Waals surface area contributed by atoms with E-state index >= 15 is 0 Å². The predicted molar refractivity (Wildman–Crippen MR) is 97.3 cm³/mol. The first-order chi connectivity index (χ1) is 12.1. The van der Waals surface area contributed by atoms with Gasteiger partial charge in [-0.3, -0.25) is 4.79 Å². The molecule has 3 rings (SSSR count). The minimum absolute atomic E-state index is 0.207. The number of halogens is 1. The topological polar surface area (TPSA) is 29.5 Å². The number of rotatable bonds is 4. The van der Waals surface area contributed by atoms with Gasteiger partial charge in [-0.05, 0) is 47.7 Å². The van der Waals surface area contributed by atoms with Gasteiger partial charge in [0.15, 0.2) is 0 Å². The molecular formula is C21H24FNO2. The van der Waals surface area contributed by atoms with Crippen LogP contribution in [0.2, 0.25) is 0 Å². The van der Waals surface area contributed by atoms with Gasteiger partial charge < -0.3 is 9.64 Å². The highest BCUT2D eigenvalue weighted by molar-refractivity contribution is 5.72. The van der Waals surface area contributed by atoms with E-state index in [2.05, 4.69) is 24.0 Å². The maximum absolute atomic E-state index is 13.2. The van der Waals surface area contributed by atoms with E-state index in [1.165, 1.54) is 24.8 Å². The molecule has 0 amide bonds. The van der Waals surface area contributed by atoms with Crippen molar-refractivity contribution in [1.29, 1.82) is 0 Å². The Morgan fingerprint density at radius 3 is 2.72 bits per heavy atom. The minimum Gasteiger partial charge on any atom is -0.469 e. The first-order valence-corrected chi connectivity index (χ1v) is 8.73. The first kappa shape index (κ1) is 17.5. The molecule has 4 heteroatoms. The van der Waals surface area contributed by atoms with E-state index in [1.807, 2.05) is 24.3 Å². The highest BCUT2D eigenvalue weighted by Crippen LogP contribution is 2.34. The minimum atomic E-state index is -0.221. The van der Waals surface area contributed by atoms with Gasteiger partial charge in [-0.2, -0.15) is 0 Å². The molecule has 1 saturated heterocycles. The quantitative estimate of drug-likeness (QED) is 0.782. The lowest BCUT2D eigenvalue weighted by atomic mass is 9.81. The Labute approximate surface area is 148 Å². The van der Waals surface area contributed by atoms with Crippen molar-refractivity contribution in [1.82, 2.24) is 0 Å². The van der Waals surface area contributed by atoms with Crippen molar-refractivity contribution in [3.63, 3.8) is 0 Å². The number of nitrogens with zero attached hydrogens (tertiary/aromatic N) is 1. The van der Waals surface area contributed by atoms with Crippen molar-refractivity contribution in [3.8, 4) is 0 Å². The van der Waals surface area contributed by atoms with E-state index in [9.17, 15) is 9.18 Å². The summed E-state index contributed by atoms with van der Waals surface area (Å²) in [4.78, 5) is 13.9. The van der Waals surface area contributed by atoms with E-state index < -0.39 is 0 Å². The Balaban J connectivity index is 1.79. The summed E-state index contributed by atoms with van der Waals surface area (Å²) in [5.74, 6) is 0.518. The number of esters is 1. The molecule has 0 spiro atoms. The summed E-state index contributed by atoms with van der Waals surface area (Å²) in [6.45, 7) is 4.15. The summed E-state index contributed by atoms with van der Waals surface area (Å²) in [5, 5.41) is 0. The van der Waals surface area contributed by atoms with Crippen molar-refractivity contribution in [2.24, 2.45) is 5.92 Å². The molecule has 2 aromatic carbocycles. The van der Waals surface area contributed by atoms with Crippen molar-refractivity contribution >= 4 is 11.7 Å². The second-order valence-corrected chi connectivity index (χ2v) is 6.79. The molecular weight excluding hydrogens is 317 g/mol. The second-order valence-electron chi connectivity index (χ2n) is 6.79. The fourth-order valence-electron chi connectivity index (χ4n) is 3.56. The number of piperidine rings is 1. The van der Waals surface area contributed by atoms with E-state index in [-0.39, 0.29) is 11.8 Å². The molecule has 0 aliphatic carbocycles. The number of hydrogen-bond acceptors (Lipinski definition) is 3. The fourth-order valence-corrected chi connectivity index (χ4v) is 3.56. The lowest BCUT2D eigenvalue weighted by Gasteiger charge is -2.39. The molecule has 1 fully saturated rings. The largest absolute Gasteiger partial charge is 0.469 e. The van der Waals surface area contributed by atoms with Crippen LogP contribution in [0.1, 0.15) is 30.4 Å². The molecule has 25 heavy (non-hydrogen) atoms. The SMILES string of the molecule is COC(=O)Cc1cccc(C2CN(c3ccc(F)cc3)CCC2C)c1. The second kappa shape index (κ2) is 7.68. The van der Waals surface area contributed by atoms with Crippen molar-refractivity contribution in [2.75, 3.05) is 25.1 Å². The zero-order valence-electron chi connectivity index (χ0n) is 14.7. The molecule has 2 aromatic rings. The van der Waals surface area contributed by atoms with Crippen LogP contribution in [0, 0.1) is 11.7 Å². The maximum atomic E-state index is 13.2. The molecule has 0 bridgehead atoms. The lowest BCUT2D eigenvalue weighted by Crippen LogP contribution is -2.38. The van der Waals surface area contributed by atoms with Crippen LogP contribution in [0.25, 0.3) is 0 Å². The standard InChI is InChI=1S/C21H24FNO2/c1-15-10-11-23(19-8-6-18(22)7-9-19)14-20(15)17-5-3-4-16(12-17)13-21(24)25-2/h3-9,12,15,20H,10-11,13-14H2,1-2H3. The molecule has 132 valence electrons. The first-order valence-electron chi connectivity index (χ1n) is 8.73. The zero-order chi connectivity index (χ0) is 17.8. The van der Waals surface area contributed by atoms with E-state index in [1.54, 1.807) is 0 Å². The molecule has 3 nitrogen and oxygen atoms in total. The van der Waals surface area contributed by atoms with Gasteiger partial charge in [-0.25, -0.2) is 4.39 Å². The predicted octanol–water partition coefficient (Wildman–Crippen LogP) is 4.17. The van der Waals surface area contributed by atoms with Gasteiger partial charge in [0, 0.05) is 24.7 Å². The van der Waals surface area contributed by atoms with Crippen LogP contribution in [0.15, 0.2) is 48.5 Å². The van der Waals surface area contributed by atoms with Gasteiger partial charge in [-0.15, -0.1) is 0 Å². The average molecular weight is 341 g/mol. The van der Waals surface area contributed by atoms with Crippen LogP contribution in [0.4, 0.5) is 10.1 Å². The van der Waals surface area contributed by atoms with Gasteiger partial charge in [0.2, 0.25) is 0 Å². The summed E-state index contributed by atoms with van der Waals surface area (Å²) >= 11 is 0. The molecule has 0 saturated carbocycles. The highest BCUT2D eigenvalue weighted by Gasteiger charge is 2.28. The number of methoxy groups -OCH3 is 1.